The van der Waals surface area contributed by atoms with Gasteiger partial charge in [0.1, 0.15) is 11.9 Å². The molecule has 2 N–H and O–H groups in total. The van der Waals surface area contributed by atoms with Crippen molar-refractivity contribution in [3.8, 4) is 0 Å². The van der Waals surface area contributed by atoms with E-state index in [0.717, 1.165) is 12.2 Å². The normalized spacial score (nSPS) is 18.4. The predicted molar refractivity (Wildman–Crippen MR) is 81.1 cm³/mol. The number of aromatic nitrogens is 3. The number of anilines is 1. The fourth-order valence-electron chi connectivity index (χ4n) is 2.49. The molecule has 0 aromatic carbocycles. The fraction of sp³-hybridized carbons (Fsp3) is 0.400. The number of nitrogens with two attached hydrogens (primary N) is 1. The zero-order valence-corrected chi connectivity index (χ0v) is 12.5. The number of amides is 1. The van der Waals surface area contributed by atoms with Crippen molar-refractivity contribution in [2.45, 2.75) is 19.6 Å². The van der Waals surface area contributed by atoms with Gasteiger partial charge >= 0.3 is 0 Å². The van der Waals surface area contributed by atoms with E-state index in [-0.39, 0.29) is 12.0 Å². The van der Waals surface area contributed by atoms with E-state index in [2.05, 4.69) is 10.1 Å². The predicted octanol–water partition coefficient (Wildman–Crippen LogP) is 1.09. The summed E-state index contributed by atoms with van der Waals surface area (Å²) in [7, 11) is 0. The average molecular weight is 301 g/mol. The summed E-state index contributed by atoms with van der Waals surface area (Å²) >= 11 is 0. The number of morpholine rings is 1. The van der Waals surface area contributed by atoms with Crippen LogP contribution in [0.1, 0.15) is 29.1 Å². The van der Waals surface area contributed by atoms with E-state index in [1.807, 2.05) is 19.1 Å². The van der Waals surface area contributed by atoms with Gasteiger partial charge < -0.3 is 15.4 Å². The molecule has 0 unspecified atom stereocenters. The standard InChI is InChI=1S/C15H19N5O2/c1-2-20-9-11(8-17-20)15(21)19-6-7-22-13(10-19)12-4-3-5-14(16)18-12/h3-5,8-9,13H,2,6-7,10H2,1H3,(H2,16,18)/t13-/m0/s1. The summed E-state index contributed by atoms with van der Waals surface area (Å²) in [6, 6.07) is 5.44. The van der Waals surface area contributed by atoms with Crippen LogP contribution in [-0.4, -0.2) is 45.3 Å². The first-order chi connectivity index (χ1) is 10.7. The van der Waals surface area contributed by atoms with Gasteiger partial charge in [0, 0.05) is 19.3 Å². The lowest BCUT2D eigenvalue weighted by molar-refractivity contribution is -0.0246. The lowest BCUT2D eigenvalue weighted by atomic mass is 10.1. The van der Waals surface area contributed by atoms with Crippen molar-refractivity contribution in [1.82, 2.24) is 19.7 Å². The Balaban J connectivity index is 1.73. The molecule has 1 amide bonds. The van der Waals surface area contributed by atoms with Gasteiger partial charge in [0.25, 0.3) is 5.91 Å². The Hall–Kier alpha value is -2.41. The van der Waals surface area contributed by atoms with Crippen LogP contribution in [0.5, 0.6) is 0 Å². The second-order valence-electron chi connectivity index (χ2n) is 5.18. The number of hydrogen-bond acceptors (Lipinski definition) is 5. The highest BCUT2D eigenvalue weighted by Gasteiger charge is 2.27. The molecule has 1 aliphatic heterocycles. The minimum atomic E-state index is -0.248. The van der Waals surface area contributed by atoms with Crippen LogP contribution in [0.2, 0.25) is 0 Å². The van der Waals surface area contributed by atoms with Gasteiger partial charge in [0.2, 0.25) is 0 Å². The van der Waals surface area contributed by atoms with E-state index in [1.54, 1.807) is 28.0 Å². The highest BCUT2D eigenvalue weighted by atomic mass is 16.5. The molecule has 3 heterocycles. The number of nitrogens with zero attached hydrogens (tertiary/aromatic N) is 4. The average Bonchev–Trinajstić information content (AvgIpc) is 3.03. The SMILES string of the molecule is CCn1cc(C(=O)N2CCO[C@H](c3cccc(N)n3)C2)cn1. The lowest BCUT2D eigenvalue weighted by Gasteiger charge is -2.32. The smallest absolute Gasteiger partial charge is 0.257 e. The third kappa shape index (κ3) is 2.94. The van der Waals surface area contributed by atoms with Crippen molar-refractivity contribution in [2.24, 2.45) is 0 Å². The molecule has 1 saturated heterocycles. The summed E-state index contributed by atoms with van der Waals surface area (Å²) in [6.45, 7) is 4.24. The maximum Gasteiger partial charge on any atom is 0.257 e. The fourth-order valence-corrected chi connectivity index (χ4v) is 2.49. The third-order valence-corrected chi connectivity index (χ3v) is 3.68. The van der Waals surface area contributed by atoms with E-state index in [0.29, 0.717) is 31.1 Å². The second kappa shape index (κ2) is 6.15. The van der Waals surface area contributed by atoms with Crippen LogP contribution in [0.25, 0.3) is 0 Å². The largest absolute Gasteiger partial charge is 0.384 e. The van der Waals surface area contributed by atoms with Gasteiger partial charge in [-0.15, -0.1) is 0 Å². The topological polar surface area (TPSA) is 86.3 Å². The monoisotopic (exact) mass is 301 g/mol. The third-order valence-electron chi connectivity index (χ3n) is 3.68. The Morgan fingerprint density at radius 2 is 2.36 bits per heavy atom. The molecule has 0 aliphatic carbocycles. The van der Waals surface area contributed by atoms with Gasteiger partial charge in [-0.05, 0) is 19.1 Å². The number of carbonyl (C=O) groups excluding carboxylic acids is 1. The first-order valence-electron chi connectivity index (χ1n) is 7.33. The van der Waals surface area contributed by atoms with Gasteiger partial charge in [0.05, 0.1) is 30.6 Å². The molecule has 1 atom stereocenters. The summed E-state index contributed by atoms with van der Waals surface area (Å²) in [4.78, 5) is 18.6. The molecule has 7 nitrogen and oxygen atoms in total. The number of nitrogen functional groups attached to an aromatic ring is 1. The van der Waals surface area contributed by atoms with Crippen molar-refractivity contribution in [2.75, 3.05) is 25.4 Å². The molecule has 0 spiro atoms. The molecule has 22 heavy (non-hydrogen) atoms. The molecule has 2 aromatic rings. The molecule has 0 saturated carbocycles. The zero-order valence-electron chi connectivity index (χ0n) is 12.5. The maximum absolute atomic E-state index is 12.5. The van der Waals surface area contributed by atoms with Crippen molar-refractivity contribution in [3.05, 3.63) is 41.9 Å². The quantitative estimate of drug-likeness (QED) is 0.917. The Labute approximate surface area is 128 Å². The molecule has 2 aromatic heterocycles. The molecule has 3 rings (SSSR count). The Morgan fingerprint density at radius 1 is 1.50 bits per heavy atom. The van der Waals surface area contributed by atoms with Gasteiger partial charge in [-0.2, -0.15) is 5.10 Å². The van der Waals surface area contributed by atoms with E-state index in [4.69, 9.17) is 10.5 Å². The van der Waals surface area contributed by atoms with Crippen LogP contribution >= 0.6 is 0 Å². The molecular weight excluding hydrogens is 282 g/mol. The Bertz CT molecular complexity index is 669. The van der Waals surface area contributed by atoms with Crippen LogP contribution in [-0.2, 0) is 11.3 Å². The number of ether oxygens (including phenoxy) is 1. The van der Waals surface area contributed by atoms with Crippen LogP contribution in [0.4, 0.5) is 5.82 Å². The van der Waals surface area contributed by atoms with Crippen LogP contribution in [0.3, 0.4) is 0 Å². The molecule has 7 heteroatoms. The highest BCUT2D eigenvalue weighted by Crippen LogP contribution is 2.22. The first kappa shape index (κ1) is 14.5. The molecule has 1 fully saturated rings. The van der Waals surface area contributed by atoms with Gasteiger partial charge in [-0.1, -0.05) is 6.07 Å². The van der Waals surface area contributed by atoms with Crippen LogP contribution < -0.4 is 5.73 Å². The Kier molecular flexibility index (Phi) is 4.06. The number of carbonyl (C=O) groups is 1. The van der Waals surface area contributed by atoms with Gasteiger partial charge in [0.15, 0.2) is 0 Å². The number of aryl methyl sites for hydroxylation is 1. The van der Waals surface area contributed by atoms with E-state index in [9.17, 15) is 4.79 Å². The van der Waals surface area contributed by atoms with Crippen LogP contribution in [0, 0.1) is 0 Å². The molecular formula is C15H19N5O2. The van der Waals surface area contributed by atoms with Crippen molar-refractivity contribution >= 4 is 11.7 Å². The van der Waals surface area contributed by atoms with E-state index in [1.165, 1.54) is 0 Å². The van der Waals surface area contributed by atoms with E-state index >= 15 is 0 Å². The van der Waals surface area contributed by atoms with Crippen molar-refractivity contribution in [1.29, 1.82) is 0 Å². The minimum Gasteiger partial charge on any atom is -0.384 e. The molecule has 116 valence electrons. The number of pyridine rings is 1. The summed E-state index contributed by atoms with van der Waals surface area (Å²) in [6.07, 6.45) is 3.13. The molecule has 1 aliphatic rings. The first-order valence-corrected chi connectivity index (χ1v) is 7.33. The van der Waals surface area contributed by atoms with Crippen LogP contribution in [0.15, 0.2) is 30.6 Å². The van der Waals surface area contributed by atoms with Crippen molar-refractivity contribution < 1.29 is 9.53 Å². The molecule has 0 radical (unpaired) electrons. The highest BCUT2D eigenvalue weighted by molar-refractivity contribution is 5.93. The maximum atomic E-state index is 12.5. The summed E-state index contributed by atoms with van der Waals surface area (Å²) in [5.74, 6) is 0.422. The summed E-state index contributed by atoms with van der Waals surface area (Å²) < 4.78 is 7.47. The van der Waals surface area contributed by atoms with E-state index < -0.39 is 0 Å². The number of hydrogen-bond donors (Lipinski definition) is 1. The minimum absolute atomic E-state index is 0.0306. The van der Waals surface area contributed by atoms with Gasteiger partial charge in [-0.25, -0.2) is 4.98 Å². The molecule has 0 bridgehead atoms. The second-order valence-corrected chi connectivity index (χ2v) is 5.18. The summed E-state index contributed by atoms with van der Waals surface area (Å²) in [5, 5.41) is 4.15. The van der Waals surface area contributed by atoms with Gasteiger partial charge in [-0.3, -0.25) is 9.48 Å². The van der Waals surface area contributed by atoms with Crippen molar-refractivity contribution in [3.63, 3.8) is 0 Å². The zero-order chi connectivity index (χ0) is 15.5. The Morgan fingerprint density at radius 3 is 3.09 bits per heavy atom. The number of rotatable bonds is 3. The lowest BCUT2D eigenvalue weighted by Crippen LogP contribution is -2.42. The summed E-state index contributed by atoms with van der Waals surface area (Å²) in [5.41, 5.74) is 7.06.